The van der Waals surface area contributed by atoms with E-state index in [1.807, 2.05) is 0 Å². The molecule has 11 heavy (non-hydrogen) atoms. The van der Waals surface area contributed by atoms with Crippen LogP contribution in [0.3, 0.4) is 0 Å². The molecule has 0 aromatic rings. The van der Waals surface area contributed by atoms with Crippen molar-refractivity contribution in [3.63, 3.8) is 0 Å². The lowest BCUT2D eigenvalue weighted by molar-refractivity contribution is -0.119. The zero-order chi connectivity index (χ0) is 8.27. The minimum absolute atomic E-state index is 0.179. The summed E-state index contributed by atoms with van der Waals surface area (Å²) in [5, 5.41) is 7.40. The standard InChI is InChI=1S/C6H9N3O2/c1-4(10)8-5-2-3-7-6(11)9-5/h2-3,5H,1H3,(H,8,10)(H2,7,9,11). The lowest BCUT2D eigenvalue weighted by Gasteiger charge is -2.18. The van der Waals surface area contributed by atoms with Gasteiger partial charge in [0, 0.05) is 13.1 Å². The zero-order valence-electron chi connectivity index (χ0n) is 6.05. The predicted octanol–water partition coefficient (Wildman–Crippen LogP) is -0.725. The molecule has 0 radical (unpaired) electrons. The van der Waals surface area contributed by atoms with Crippen molar-refractivity contribution < 1.29 is 9.59 Å². The first kappa shape index (κ1) is 7.59. The summed E-state index contributed by atoms with van der Waals surface area (Å²) in [6.45, 7) is 1.39. The molecule has 0 aromatic heterocycles. The summed E-state index contributed by atoms with van der Waals surface area (Å²) in [5.41, 5.74) is 0. The van der Waals surface area contributed by atoms with Crippen molar-refractivity contribution in [3.8, 4) is 0 Å². The highest BCUT2D eigenvalue weighted by atomic mass is 16.2. The summed E-state index contributed by atoms with van der Waals surface area (Å²) in [4.78, 5) is 21.1. The summed E-state index contributed by atoms with van der Waals surface area (Å²) in [5.74, 6) is -0.179. The highest BCUT2D eigenvalue weighted by Crippen LogP contribution is 1.86. The molecule has 0 saturated heterocycles. The Morgan fingerprint density at radius 1 is 1.73 bits per heavy atom. The Kier molecular flexibility index (Phi) is 2.10. The SMILES string of the molecule is CC(=O)NC1C=CNC(=O)N1. The number of carbonyl (C=O) groups excluding carboxylic acids is 2. The van der Waals surface area contributed by atoms with Crippen LogP contribution in [0.15, 0.2) is 12.3 Å². The van der Waals surface area contributed by atoms with Crippen LogP contribution in [0.2, 0.25) is 0 Å². The summed E-state index contributed by atoms with van der Waals surface area (Å²) < 4.78 is 0. The van der Waals surface area contributed by atoms with Crippen molar-refractivity contribution in [1.82, 2.24) is 16.0 Å². The van der Waals surface area contributed by atoms with Crippen molar-refractivity contribution in [3.05, 3.63) is 12.3 Å². The Hall–Kier alpha value is -1.52. The van der Waals surface area contributed by atoms with Crippen LogP contribution < -0.4 is 16.0 Å². The van der Waals surface area contributed by atoms with E-state index in [1.165, 1.54) is 13.1 Å². The van der Waals surface area contributed by atoms with E-state index in [1.54, 1.807) is 6.08 Å². The maximum atomic E-state index is 10.6. The molecule has 0 spiro atoms. The largest absolute Gasteiger partial charge is 0.333 e. The van der Waals surface area contributed by atoms with Gasteiger partial charge in [-0.15, -0.1) is 0 Å². The van der Waals surface area contributed by atoms with Gasteiger partial charge in [-0.3, -0.25) is 4.79 Å². The topological polar surface area (TPSA) is 70.2 Å². The molecule has 3 N–H and O–H groups in total. The van der Waals surface area contributed by atoms with Gasteiger partial charge >= 0.3 is 6.03 Å². The molecule has 1 unspecified atom stereocenters. The molecule has 1 heterocycles. The van der Waals surface area contributed by atoms with Gasteiger partial charge in [0.05, 0.1) is 0 Å². The van der Waals surface area contributed by atoms with Gasteiger partial charge in [-0.1, -0.05) is 0 Å². The predicted molar refractivity (Wildman–Crippen MR) is 38.4 cm³/mol. The van der Waals surface area contributed by atoms with E-state index < -0.39 is 0 Å². The second kappa shape index (κ2) is 3.05. The molecule has 1 rings (SSSR count). The average Bonchev–Trinajstić information content (AvgIpc) is 1.85. The number of amides is 3. The van der Waals surface area contributed by atoms with Crippen LogP contribution in [0.25, 0.3) is 0 Å². The summed E-state index contributed by atoms with van der Waals surface area (Å²) in [6.07, 6.45) is 2.74. The fourth-order valence-corrected chi connectivity index (χ4v) is 0.754. The van der Waals surface area contributed by atoms with Crippen molar-refractivity contribution in [2.24, 2.45) is 0 Å². The monoisotopic (exact) mass is 155 g/mol. The van der Waals surface area contributed by atoms with Crippen LogP contribution in [0.4, 0.5) is 4.79 Å². The van der Waals surface area contributed by atoms with E-state index in [-0.39, 0.29) is 18.1 Å². The Balaban J connectivity index is 2.46. The third-order valence-electron chi connectivity index (χ3n) is 1.15. The number of hydrogen-bond donors (Lipinski definition) is 3. The Labute approximate surface area is 63.8 Å². The number of urea groups is 1. The fourth-order valence-electron chi connectivity index (χ4n) is 0.754. The van der Waals surface area contributed by atoms with Crippen molar-refractivity contribution >= 4 is 11.9 Å². The van der Waals surface area contributed by atoms with Crippen LogP contribution in [-0.2, 0) is 4.79 Å². The van der Waals surface area contributed by atoms with E-state index in [2.05, 4.69) is 16.0 Å². The zero-order valence-corrected chi connectivity index (χ0v) is 6.05. The lowest BCUT2D eigenvalue weighted by atomic mass is 10.4. The molecule has 3 amide bonds. The highest BCUT2D eigenvalue weighted by molar-refractivity contribution is 5.79. The van der Waals surface area contributed by atoms with Gasteiger partial charge in [0.15, 0.2) is 0 Å². The summed E-state index contributed by atoms with van der Waals surface area (Å²) in [6, 6.07) is -0.314. The van der Waals surface area contributed by atoms with Crippen LogP contribution in [0.1, 0.15) is 6.92 Å². The molecule has 1 aliphatic heterocycles. The molecule has 1 aliphatic rings. The van der Waals surface area contributed by atoms with Gasteiger partial charge in [0.2, 0.25) is 5.91 Å². The van der Waals surface area contributed by atoms with Gasteiger partial charge in [-0.05, 0) is 6.08 Å². The van der Waals surface area contributed by atoms with Gasteiger partial charge < -0.3 is 16.0 Å². The highest BCUT2D eigenvalue weighted by Gasteiger charge is 2.11. The number of rotatable bonds is 1. The first-order valence-electron chi connectivity index (χ1n) is 3.19. The number of hydrogen-bond acceptors (Lipinski definition) is 2. The van der Waals surface area contributed by atoms with Gasteiger partial charge in [-0.2, -0.15) is 0 Å². The number of carbonyl (C=O) groups is 2. The molecule has 5 heteroatoms. The third-order valence-corrected chi connectivity index (χ3v) is 1.15. The van der Waals surface area contributed by atoms with Gasteiger partial charge in [0.25, 0.3) is 0 Å². The molecule has 5 nitrogen and oxygen atoms in total. The Bertz CT molecular complexity index is 212. The first-order chi connectivity index (χ1) is 5.18. The van der Waals surface area contributed by atoms with Crippen LogP contribution in [0, 0.1) is 0 Å². The van der Waals surface area contributed by atoms with E-state index >= 15 is 0 Å². The Morgan fingerprint density at radius 3 is 3.00 bits per heavy atom. The quantitative estimate of drug-likeness (QED) is 0.467. The van der Waals surface area contributed by atoms with E-state index in [0.717, 1.165) is 0 Å². The van der Waals surface area contributed by atoms with Gasteiger partial charge in [0.1, 0.15) is 6.17 Å². The van der Waals surface area contributed by atoms with E-state index in [0.29, 0.717) is 0 Å². The van der Waals surface area contributed by atoms with Crippen molar-refractivity contribution in [2.45, 2.75) is 13.1 Å². The maximum Gasteiger partial charge on any atom is 0.320 e. The van der Waals surface area contributed by atoms with Gasteiger partial charge in [-0.25, -0.2) is 4.79 Å². The molecular formula is C6H9N3O2. The second-order valence-electron chi connectivity index (χ2n) is 2.16. The second-order valence-corrected chi connectivity index (χ2v) is 2.16. The van der Waals surface area contributed by atoms with Crippen LogP contribution in [0.5, 0.6) is 0 Å². The van der Waals surface area contributed by atoms with Crippen molar-refractivity contribution in [2.75, 3.05) is 0 Å². The minimum Gasteiger partial charge on any atom is -0.333 e. The molecule has 0 aliphatic carbocycles. The Morgan fingerprint density at radius 2 is 2.45 bits per heavy atom. The summed E-state index contributed by atoms with van der Waals surface area (Å²) in [7, 11) is 0. The number of nitrogens with one attached hydrogen (secondary N) is 3. The maximum absolute atomic E-state index is 10.6. The minimum atomic E-state index is -0.388. The van der Waals surface area contributed by atoms with Crippen molar-refractivity contribution in [1.29, 1.82) is 0 Å². The smallest absolute Gasteiger partial charge is 0.320 e. The molecule has 0 aromatic carbocycles. The third kappa shape index (κ3) is 2.29. The van der Waals surface area contributed by atoms with Crippen LogP contribution >= 0.6 is 0 Å². The molecule has 1 atom stereocenters. The molecule has 60 valence electrons. The fraction of sp³-hybridized carbons (Fsp3) is 0.333. The summed E-state index contributed by atoms with van der Waals surface area (Å²) >= 11 is 0. The van der Waals surface area contributed by atoms with Crippen LogP contribution in [-0.4, -0.2) is 18.1 Å². The normalized spacial score (nSPS) is 21.9. The lowest BCUT2D eigenvalue weighted by Crippen LogP contribution is -2.51. The molecule has 0 saturated carbocycles. The first-order valence-corrected chi connectivity index (χ1v) is 3.19. The van der Waals surface area contributed by atoms with E-state index in [4.69, 9.17) is 0 Å². The molecular weight excluding hydrogens is 146 g/mol. The average molecular weight is 155 g/mol. The molecule has 0 bridgehead atoms. The molecule has 0 fully saturated rings. The van der Waals surface area contributed by atoms with E-state index in [9.17, 15) is 9.59 Å².